The molecule has 0 aromatic heterocycles. The van der Waals surface area contributed by atoms with E-state index < -0.39 is 0 Å². The molecule has 1 saturated carbocycles. The number of likely N-dealkylation sites (tertiary alicyclic amines) is 1. The quantitative estimate of drug-likeness (QED) is 0.774. The Kier molecular flexibility index (Phi) is 3.46. The fourth-order valence-corrected chi connectivity index (χ4v) is 2.13. The van der Waals surface area contributed by atoms with Crippen LogP contribution in [-0.4, -0.2) is 35.8 Å². The van der Waals surface area contributed by atoms with Crippen LogP contribution in [0.4, 0.5) is 0 Å². The van der Waals surface area contributed by atoms with Crippen LogP contribution in [0.1, 0.15) is 39.0 Å². The van der Waals surface area contributed by atoms with Crippen molar-refractivity contribution in [1.29, 1.82) is 0 Å². The third-order valence-corrected chi connectivity index (χ3v) is 3.35. The van der Waals surface area contributed by atoms with Gasteiger partial charge in [0, 0.05) is 19.0 Å². The Morgan fingerprint density at radius 2 is 1.81 bits per heavy atom. The van der Waals surface area contributed by atoms with Crippen LogP contribution in [-0.2, 0) is 9.59 Å². The van der Waals surface area contributed by atoms with Crippen LogP contribution in [0, 0.1) is 5.92 Å². The number of rotatable bonds is 3. The van der Waals surface area contributed by atoms with E-state index in [9.17, 15) is 9.59 Å². The van der Waals surface area contributed by atoms with Crippen molar-refractivity contribution < 1.29 is 9.59 Å². The molecule has 2 amide bonds. The Labute approximate surface area is 96.4 Å². The van der Waals surface area contributed by atoms with Crippen molar-refractivity contribution in [3.63, 3.8) is 0 Å². The predicted molar refractivity (Wildman–Crippen MR) is 60.8 cm³/mol. The molecule has 4 heteroatoms. The number of carbonyl (C=O) groups is 2. The zero-order valence-corrected chi connectivity index (χ0v) is 9.87. The lowest BCUT2D eigenvalue weighted by Crippen LogP contribution is -2.48. The Hall–Kier alpha value is -1.06. The molecule has 1 unspecified atom stereocenters. The minimum absolute atomic E-state index is 0.0536. The van der Waals surface area contributed by atoms with Crippen molar-refractivity contribution in [1.82, 2.24) is 10.2 Å². The summed E-state index contributed by atoms with van der Waals surface area (Å²) < 4.78 is 0. The SMILES string of the molecule is CC(NC(=O)C1CC1)C(=O)N1CCCCC1. The minimum atomic E-state index is -0.355. The molecular formula is C12H20N2O2. The first-order chi connectivity index (χ1) is 7.68. The van der Waals surface area contributed by atoms with Crippen LogP contribution in [0.25, 0.3) is 0 Å². The molecule has 1 N–H and O–H groups in total. The zero-order valence-electron chi connectivity index (χ0n) is 9.87. The smallest absolute Gasteiger partial charge is 0.244 e. The van der Waals surface area contributed by atoms with Crippen molar-refractivity contribution in [2.75, 3.05) is 13.1 Å². The molecule has 2 fully saturated rings. The van der Waals surface area contributed by atoms with E-state index in [0.29, 0.717) is 0 Å². The summed E-state index contributed by atoms with van der Waals surface area (Å²) in [6, 6.07) is -0.355. The van der Waals surface area contributed by atoms with Gasteiger partial charge in [-0.2, -0.15) is 0 Å². The van der Waals surface area contributed by atoms with Crippen LogP contribution in [0.2, 0.25) is 0 Å². The average Bonchev–Trinajstić information content (AvgIpc) is 3.13. The van der Waals surface area contributed by atoms with E-state index >= 15 is 0 Å². The second-order valence-electron chi connectivity index (χ2n) is 4.89. The first-order valence-electron chi connectivity index (χ1n) is 6.27. The van der Waals surface area contributed by atoms with Gasteiger partial charge >= 0.3 is 0 Å². The largest absolute Gasteiger partial charge is 0.344 e. The Balaban J connectivity index is 1.80. The summed E-state index contributed by atoms with van der Waals surface area (Å²) in [6.07, 6.45) is 5.36. The molecule has 1 atom stereocenters. The highest BCUT2D eigenvalue weighted by Crippen LogP contribution is 2.28. The van der Waals surface area contributed by atoms with Gasteiger partial charge in [0.2, 0.25) is 11.8 Å². The molecule has 0 radical (unpaired) electrons. The molecule has 1 saturated heterocycles. The summed E-state index contributed by atoms with van der Waals surface area (Å²) in [4.78, 5) is 25.4. The minimum Gasteiger partial charge on any atom is -0.344 e. The number of piperidine rings is 1. The highest BCUT2D eigenvalue weighted by molar-refractivity contribution is 5.89. The number of nitrogens with one attached hydrogen (secondary N) is 1. The van der Waals surface area contributed by atoms with Crippen molar-refractivity contribution in [2.45, 2.75) is 45.1 Å². The maximum atomic E-state index is 12.0. The topological polar surface area (TPSA) is 49.4 Å². The van der Waals surface area contributed by atoms with Crippen LogP contribution in [0.5, 0.6) is 0 Å². The lowest BCUT2D eigenvalue weighted by atomic mass is 10.1. The molecule has 1 aliphatic heterocycles. The van der Waals surface area contributed by atoms with E-state index in [1.165, 1.54) is 6.42 Å². The van der Waals surface area contributed by atoms with Gasteiger partial charge < -0.3 is 10.2 Å². The van der Waals surface area contributed by atoms with E-state index in [-0.39, 0.29) is 23.8 Å². The zero-order chi connectivity index (χ0) is 11.5. The van der Waals surface area contributed by atoms with E-state index in [0.717, 1.165) is 38.8 Å². The maximum Gasteiger partial charge on any atom is 0.244 e. The summed E-state index contributed by atoms with van der Waals surface area (Å²) in [5, 5.41) is 2.81. The number of hydrogen-bond acceptors (Lipinski definition) is 2. The molecule has 16 heavy (non-hydrogen) atoms. The molecule has 2 aliphatic rings. The summed E-state index contributed by atoms with van der Waals surface area (Å²) in [6.45, 7) is 3.49. The third-order valence-electron chi connectivity index (χ3n) is 3.35. The Morgan fingerprint density at radius 3 is 2.38 bits per heavy atom. The van der Waals surface area contributed by atoms with Crippen molar-refractivity contribution in [3.05, 3.63) is 0 Å². The predicted octanol–water partition coefficient (Wildman–Crippen LogP) is 0.914. The second-order valence-corrected chi connectivity index (χ2v) is 4.89. The third kappa shape index (κ3) is 2.74. The Morgan fingerprint density at radius 1 is 1.19 bits per heavy atom. The molecular weight excluding hydrogens is 204 g/mol. The van der Waals surface area contributed by atoms with Crippen LogP contribution >= 0.6 is 0 Å². The van der Waals surface area contributed by atoms with E-state index in [1.54, 1.807) is 6.92 Å². The van der Waals surface area contributed by atoms with Crippen LogP contribution < -0.4 is 5.32 Å². The van der Waals surface area contributed by atoms with E-state index in [2.05, 4.69) is 5.32 Å². The molecule has 0 bridgehead atoms. The number of nitrogens with zero attached hydrogens (tertiary/aromatic N) is 1. The van der Waals surface area contributed by atoms with Gasteiger partial charge in [-0.05, 0) is 39.0 Å². The summed E-state index contributed by atoms with van der Waals surface area (Å²) >= 11 is 0. The van der Waals surface area contributed by atoms with Gasteiger partial charge in [0.25, 0.3) is 0 Å². The number of carbonyl (C=O) groups excluding carboxylic acids is 2. The fourth-order valence-electron chi connectivity index (χ4n) is 2.13. The fraction of sp³-hybridized carbons (Fsp3) is 0.833. The van der Waals surface area contributed by atoms with Gasteiger partial charge in [-0.15, -0.1) is 0 Å². The number of amides is 2. The molecule has 1 heterocycles. The summed E-state index contributed by atoms with van der Waals surface area (Å²) in [7, 11) is 0. The standard InChI is InChI=1S/C12H20N2O2/c1-9(13-11(15)10-5-6-10)12(16)14-7-3-2-4-8-14/h9-10H,2-8H2,1H3,(H,13,15). The van der Waals surface area contributed by atoms with Gasteiger partial charge in [-0.3, -0.25) is 9.59 Å². The van der Waals surface area contributed by atoms with Gasteiger partial charge in [0.05, 0.1) is 0 Å². The first kappa shape index (κ1) is 11.4. The van der Waals surface area contributed by atoms with Crippen molar-refractivity contribution in [2.24, 2.45) is 5.92 Å². The molecule has 2 rings (SSSR count). The Bertz CT molecular complexity index is 281. The van der Waals surface area contributed by atoms with Crippen LogP contribution in [0.3, 0.4) is 0 Å². The highest BCUT2D eigenvalue weighted by atomic mass is 16.2. The molecule has 0 spiro atoms. The second kappa shape index (κ2) is 4.85. The maximum absolute atomic E-state index is 12.0. The lowest BCUT2D eigenvalue weighted by Gasteiger charge is -2.29. The van der Waals surface area contributed by atoms with Crippen LogP contribution in [0.15, 0.2) is 0 Å². The molecule has 90 valence electrons. The van der Waals surface area contributed by atoms with Gasteiger partial charge in [0.15, 0.2) is 0 Å². The van der Waals surface area contributed by atoms with Crippen molar-refractivity contribution >= 4 is 11.8 Å². The highest BCUT2D eigenvalue weighted by Gasteiger charge is 2.32. The molecule has 0 aromatic carbocycles. The molecule has 0 aromatic rings. The number of hydrogen-bond donors (Lipinski definition) is 1. The summed E-state index contributed by atoms with van der Waals surface area (Å²) in [5.41, 5.74) is 0. The van der Waals surface area contributed by atoms with E-state index in [1.807, 2.05) is 4.90 Å². The van der Waals surface area contributed by atoms with Gasteiger partial charge in [-0.1, -0.05) is 0 Å². The van der Waals surface area contributed by atoms with Gasteiger partial charge in [0.1, 0.15) is 6.04 Å². The summed E-state index contributed by atoms with van der Waals surface area (Å²) in [5.74, 6) is 0.308. The average molecular weight is 224 g/mol. The molecule has 1 aliphatic carbocycles. The first-order valence-corrected chi connectivity index (χ1v) is 6.27. The monoisotopic (exact) mass is 224 g/mol. The normalized spacial score (nSPS) is 22.7. The van der Waals surface area contributed by atoms with E-state index in [4.69, 9.17) is 0 Å². The van der Waals surface area contributed by atoms with Crippen molar-refractivity contribution in [3.8, 4) is 0 Å². The lowest BCUT2D eigenvalue weighted by molar-refractivity contribution is -0.137. The molecule has 4 nitrogen and oxygen atoms in total. The van der Waals surface area contributed by atoms with Gasteiger partial charge in [-0.25, -0.2) is 0 Å².